The van der Waals surface area contributed by atoms with Gasteiger partial charge in [-0.1, -0.05) is 15.9 Å². The quantitative estimate of drug-likeness (QED) is 0.565. The third kappa shape index (κ3) is 6.65. The maximum absolute atomic E-state index is 11.4. The second-order valence-electron chi connectivity index (χ2n) is 5.44. The molecule has 1 aromatic carbocycles. The molecule has 0 fully saturated rings. The van der Waals surface area contributed by atoms with Gasteiger partial charge in [0.15, 0.2) is 0 Å². The Balaban J connectivity index is 2.21. The van der Waals surface area contributed by atoms with Gasteiger partial charge in [0.05, 0.1) is 11.4 Å². The van der Waals surface area contributed by atoms with Gasteiger partial charge in [0.25, 0.3) is 0 Å². The number of anilines is 2. The molecule has 20 heavy (non-hydrogen) atoms. The van der Waals surface area contributed by atoms with E-state index in [1.807, 2.05) is 39.0 Å². The van der Waals surface area contributed by atoms with Crippen LogP contribution < -0.4 is 16.4 Å². The van der Waals surface area contributed by atoms with Gasteiger partial charge in [-0.2, -0.15) is 0 Å². The van der Waals surface area contributed by atoms with Gasteiger partial charge in [-0.05, 0) is 45.4 Å². The molecule has 0 saturated heterocycles. The standard InChI is InChI=1S/C14H22BrN3O2/c1-14(2,3)20-13(19)18-8-4-7-17-12-6-5-10(15)9-11(12)16/h5-6,9,17H,4,7-8,16H2,1-3H3,(H,18,19). The number of hydrogen-bond acceptors (Lipinski definition) is 4. The number of halogens is 1. The Morgan fingerprint density at radius 2 is 2.05 bits per heavy atom. The number of nitrogen functional groups attached to an aromatic ring is 1. The molecule has 0 heterocycles. The van der Waals surface area contributed by atoms with Crippen LogP contribution in [0.15, 0.2) is 22.7 Å². The minimum atomic E-state index is -0.464. The summed E-state index contributed by atoms with van der Waals surface area (Å²) in [5, 5.41) is 5.93. The van der Waals surface area contributed by atoms with Crippen molar-refractivity contribution in [3.63, 3.8) is 0 Å². The van der Waals surface area contributed by atoms with Crippen molar-refractivity contribution in [1.82, 2.24) is 5.32 Å². The molecule has 0 aliphatic heterocycles. The Hall–Kier alpha value is -1.43. The summed E-state index contributed by atoms with van der Waals surface area (Å²) >= 11 is 3.36. The summed E-state index contributed by atoms with van der Waals surface area (Å²) in [5.41, 5.74) is 7.00. The molecule has 0 saturated carbocycles. The Bertz CT molecular complexity index is 458. The lowest BCUT2D eigenvalue weighted by molar-refractivity contribution is 0.0528. The number of alkyl carbamates (subject to hydrolysis) is 1. The molecule has 0 aromatic heterocycles. The van der Waals surface area contributed by atoms with Crippen LogP contribution in [0, 0.1) is 0 Å². The van der Waals surface area contributed by atoms with Crippen molar-refractivity contribution in [3.05, 3.63) is 22.7 Å². The summed E-state index contributed by atoms with van der Waals surface area (Å²) in [5.74, 6) is 0. The van der Waals surface area contributed by atoms with Crippen molar-refractivity contribution < 1.29 is 9.53 Å². The van der Waals surface area contributed by atoms with Crippen molar-refractivity contribution in [2.45, 2.75) is 32.8 Å². The van der Waals surface area contributed by atoms with Gasteiger partial charge in [-0.25, -0.2) is 4.79 Å². The first-order valence-corrected chi connectivity index (χ1v) is 7.33. The highest BCUT2D eigenvalue weighted by molar-refractivity contribution is 9.10. The zero-order valence-corrected chi connectivity index (χ0v) is 13.7. The lowest BCUT2D eigenvalue weighted by Gasteiger charge is -2.19. The molecule has 0 unspecified atom stereocenters. The van der Waals surface area contributed by atoms with Crippen LogP contribution in [0.2, 0.25) is 0 Å². The van der Waals surface area contributed by atoms with Gasteiger partial charge in [0.1, 0.15) is 5.60 Å². The number of rotatable bonds is 5. The fourth-order valence-corrected chi connectivity index (χ4v) is 1.89. The van der Waals surface area contributed by atoms with E-state index in [0.29, 0.717) is 12.2 Å². The van der Waals surface area contributed by atoms with E-state index in [0.717, 1.165) is 23.1 Å². The van der Waals surface area contributed by atoms with Crippen molar-refractivity contribution in [2.75, 3.05) is 24.1 Å². The minimum Gasteiger partial charge on any atom is -0.444 e. The summed E-state index contributed by atoms with van der Waals surface area (Å²) < 4.78 is 6.09. The molecule has 1 rings (SSSR count). The lowest BCUT2D eigenvalue weighted by Crippen LogP contribution is -2.33. The van der Waals surface area contributed by atoms with Gasteiger partial charge < -0.3 is 21.1 Å². The van der Waals surface area contributed by atoms with Crippen molar-refractivity contribution in [3.8, 4) is 0 Å². The Morgan fingerprint density at radius 3 is 2.65 bits per heavy atom. The highest BCUT2D eigenvalue weighted by Crippen LogP contribution is 2.22. The van der Waals surface area contributed by atoms with Gasteiger partial charge in [0, 0.05) is 17.6 Å². The van der Waals surface area contributed by atoms with Crippen LogP contribution in [0.1, 0.15) is 27.2 Å². The zero-order chi connectivity index (χ0) is 15.2. The van der Waals surface area contributed by atoms with E-state index in [-0.39, 0.29) is 6.09 Å². The van der Waals surface area contributed by atoms with Crippen molar-refractivity contribution in [1.29, 1.82) is 0 Å². The molecular weight excluding hydrogens is 322 g/mol. The Morgan fingerprint density at radius 1 is 1.35 bits per heavy atom. The van der Waals surface area contributed by atoms with E-state index in [9.17, 15) is 4.79 Å². The molecular formula is C14H22BrN3O2. The SMILES string of the molecule is CC(C)(C)OC(=O)NCCCNc1ccc(Br)cc1N. The van der Waals surface area contributed by atoms with Crippen LogP contribution in [0.4, 0.5) is 16.2 Å². The molecule has 1 amide bonds. The number of ether oxygens (including phenoxy) is 1. The molecule has 0 bridgehead atoms. The monoisotopic (exact) mass is 343 g/mol. The molecule has 1 aromatic rings. The molecule has 112 valence electrons. The topological polar surface area (TPSA) is 76.4 Å². The first-order valence-electron chi connectivity index (χ1n) is 6.54. The number of benzene rings is 1. The van der Waals surface area contributed by atoms with Crippen LogP contribution in [-0.4, -0.2) is 24.8 Å². The van der Waals surface area contributed by atoms with Crippen LogP contribution in [-0.2, 0) is 4.74 Å². The number of hydrogen-bond donors (Lipinski definition) is 3. The molecule has 0 aliphatic carbocycles. The maximum atomic E-state index is 11.4. The minimum absolute atomic E-state index is 0.388. The highest BCUT2D eigenvalue weighted by Gasteiger charge is 2.15. The van der Waals surface area contributed by atoms with E-state index < -0.39 is 5.60 Å². The van der Waals surface area contributed by atoms with Crippen LogP contribution in [0.5, 0.6) is 0 Å². The number of nitrogens with two attached hydrogens (primary N) is 1. The van der Waals surface area contributed by atoms with Gasteiger partial charge in [-0.15, -0.1) is 0 Å². The third-order valence-corrected chi connectivity index (χ3v) is 2.84. The fraction of sp³-hybridized carbons (Fsp3) is 0.500. The Labute approximate surface area is 128 Å². The van der Waals surface area contributed by atoms with E-state index in [4.69, 9.17) is 10.5 Å². The van der Waals surface area contributed by atoms with Crippen LogP contribution in [0.3, 0.4) is 0 Å². The second kappa shape index (κ2) is 7.38. The third-order valence-electron chi connectivity index (χ3n) is 2.35. The smallest absolute Gasteiger partial charge is 0.407 e. The number of carbonyl (C=O) groups excluding carboxylic acids is 1. The summed E-state index contributed by atoms with van der Waals surface area (Å²) in [6.07, 6.45) is 0.398. The second-order valence-corrected chi connectivity index (χ2v) is 6.36. The Kier molecular flexibility index (Phi) is 6.13. The maximum Gasteiger partial charge on any atom is 0.407 e. The van der Waals surface area contributed by atoms with Gasteiger partial charge in [0.2, 0.25) is 0 Å². The number of nitrogens with one attached hydrogen (secondary N) is 2. The predicted molar refractivity (Wildman–Crippen MR) is 85.9 cm³/mol. The van der Waals surface area contributed by atoms with E-state index in [1.165, 1.54) is 0 Å². The summed E-state index contributed by atoms with van der Waals surface area (Å²) in [4.78, 5) is 11.4. The lowest BCUT2D eigenvalue weighted by atomic mass is 10.2. The van der Waals surface area contributed by atoms with Crippen molar-refractivity contribution in [2.24, 2.45) is 0 Å². The van der Waals surface area contributed by atoms with Crippen molar-refractivity contribution >= 4 is 33.4 Å². The first kappa shape index (κ1) is 16.6. The molecule has 5 nitrogen and oxygen atoms in total. The molecule has 6 heteroatoms. The molecule has 0 spiro atoms. The molecule has 0 aliphatic rings. The number of carbonyl (C=O) groups is 1. The summed E-state index contributed by atoms with van der Waals surface area (Å²) in [6, 6.07) is 5.69. The van der Waals surface area contributed by atoms with Crippen LogP contribution >= 0.6 is 15.9 Å². The summed E-state index contributed by atoms with van der Waals surface area (Å²) in [6.45, 7) is 6.79. The average molecular weight is 344 g/mol. The normalized spacial score (nSPS) is 11.0. The van der Waals surface area contributed by atoms with Crippen LogP contribution in [0.25, 0.3) is 0 Å². The van der Waals surface area contributed by atoms with E-state index in [2.05, 4.69) is 26.6 Å². The van der Waals surface area contributed by atoms with Gasteiger partial charge in [-0.3, -0.25) is 0 Å². The number of amides is 1. The summed E-state index contributed by atoms with van der Waals surface area (Å²) in [7, 11) is 0. The molecule has 4 N–H and O–H groups in total. The zero-order valence-electron chi connectivity index (χ0n) is 12.1. The first-order chi connectivity index (χ1) is 9.28. The highest BCUT2D eigenvalue weighted by atomic mass is 79.9. The fourth-order valence-electron chi connectivity index (χ4n) is 1.51. The van der Waals surface area contributed by atoms with Gasteiger partial charge >= 0.3 is 6.09 Å². The molecule has 0 radical (unpaired) electrons. The molecule has 0 atom stereocenters. The predicted octanol–water partition coefficient (Wildman–Crippen LogP) is 3.36. The largest absolute Gasteiger partial charge is 0.444 e. The van der Waals surface area contributed by atoms with E-state index >= 15 is 0 Å². The average Bonchev–Trinajstić information content (AvgIpc) is 2.28. The van der Waals surface area contributed by atoms with E-state index in [1.54, 1.807) is 0 Å².